The smallest absolute Gasteiger partial charge is 0.307 e. The monoisotopic (exact) mass is 663 g/mol. The number of aliphatic carboxylic acids is 1. The Morgan fingerprint density at radius 1 is 1.17 bits per heavy atom. The summed E-state index contributed by atoms with van der Waals surface area (Å²) in [4.78, 5) is 17.8. The summed E-state index contributed by atoms with van der Waals surface area (Å²) in [5, 5.41) is 25.8. The van der Waals surface area contributed by atoms with Gasteiger partial charge in [-0.15, -0.1) is 0 Å². The highest BCUT2D eigenvalue weighted by Gasteiger charge is 2.72. The third-order valence-corrected chi connectivity index (χ3v) is 16.0. The summed E-state index contributed by atoms with van der Waals surface area (Å²) in [6.07, 6.45) is 9.16. The first-order chi connectivity index (χ1) is 22.3. The van der Waals surface area contributed by atoms with Crippen LogP contribution in [0.25, 0.3) is 0 Å². The van der Waals surface area contributed by atoms with Gasteiger partial charge in [0.2, 0.25) is 5.82 Å². The van der Waals surface area contributed by atoms with E-state index >= 15 is 0 Å². The fourth-order valence-corrected chi connectivity index (χ4v) is 12.1. The van der Waals surface area contributed by atoms with Crippen molar-refractivity contribution in [2.24, 2.45) is 68.3 Å². The molecule has 0 aromatic carbocycles. The molecule has 0 radical (unpaired) electrons. The van der Waals surface area contributed by atoms with Crippen molar-refractivity contribution < 1.29 is 19.4 Å². The summed E-state index contributed by atoms with van der Waals surface area (Å²) in [5.74, 6) is 0.734. The highest BCUT2D eigenvalue weighted by molar-refractivity contribution is 5.73. The number of fused-ring (bicyclic) bond motifs is 3. The number of hydrogen-bond donors (Lipinski definition) is 2. The van der Waals surface area contributed by atoms with Gasteiger partial charge in [-0.25, -0.2) is 9.67 Å². The van der Waals surface area contributed by atoms with Crippen molar-refractivity contribution in [3.63, 3.8) is 0 Å². The maximum absolute atomic E-state index is 13.4. The fraction of sp³-hybridized carbons (Fsp3) is 0.846. The molecule has 1 unspecified atom stereocenters. The molecule has 3 saturated carbocycles. The Bertz CT molecular complexity index is 1490. The second-order valence-electron chi connectivity index (χ2n) is 18.6. The highest BCUT2D eigenvalue weighted by Crippen LogP contribution is 2.75. The zero-order valence-electron chi connectivity index (χ0n) is 31.2. The van der Waals surface area contributed by atoms with E-state index < -0.39 is 17.4 Å². The van der Waals surface area contributed by atoms with E-state index in [1.807, 2.05) is 11.6 Å². The van der Waals surface area contributed by atoms with E-state index in [2.05, 4.69) is 84.5 Å². The van der Waals surface area contributed by atoms with Crippen molar-refractivity contribution >= 4 is 5.97 Å². The highest BCUT2D eigenvalue weighted by atomic mass is 16.5. The van der Waals surface area contributed by atoms with Crippen LogP contribution in [0.1, 0.15) is 120 Å². The van der Waals surface area contributed by atoms with Gasteiger partial charge in [-0.2, -0.15) is 10.4 Å². The van der Waals surface area contributed by atoms with Gasteiger partial charge in [0.15, 0.2) is 0 Å². The Kier molecular flexibility index (Phi) is 8.61. The zero-order valence-corrected chi connectivity index (χ0v) is 31.2. The number of carbonyl (C=O) groups is 1. The van der Waals surface area contributed by atoms with E-state index in [0.29, 0.717) is 43.4 Å². The molecule has 5 aliphatic rings. The second kappa shape index (κ2) is 11.6. The lowest BCUT2D eigenvalue weighted by Gasteiger charge is -2.71. The van der Waals surface area contributed by atoms with Crippen LogP contribution >= 0.6 is 0 Å². The van der Waals surface area contributed by atoms with Crippen LogP contribution in [0.4, 0.5) is 0 Å². The number of hydrogen-bond acceptors (Lipinski definition) is 7. The summed E-state index contributed by atoms with van der Waals surface area (Å²) in [7, 11) is 0. The molecule has 1 saturated heterocycles. The summed E-state index contributed by atoms with van der Waals surface area (Å²) in [5.41, 5.74) is 6.27. The van der Waals surface area contributed by atoms with Gasteiger partial charge in [0, 0.05) is 16.4 Å². The molecule has 1 aromatic rings. The van der Waals surface area contributed by atoms with Crippen LogP contribution in [0.3, 0.4) is 0 Å². The first kappa shape index (κ1) is 35.5. The van der Waals surface area contributed by atoms with Gasteiger partial charge in [-0.3, -0.25) is 4.79 Å². The van der Waals surface area contributed by atoms with E-state index in [9.17, 15) is 15.2 Å². The molecule has 48 heavy (non-hydrogen) atoms. The average Bonchev–Trinajstić information content (AvgIpc) is 3.49. The number of carboxylic acids is 1. The van der Waals surface area contributed by atoms with E-state index in [-0.39, 0.29) is 51.1 Å². The lowest BCUT2D eigenvalue weighted by atomic mass is 9.34. The third kappa shape index (κ3) is 4.74. The number of nitriles is 1. The third-order valence-electron chi connectivity index (χ3n) is 16.0. The van der Waals surface area contributed by atoms with Crippen LogP contribution < -0.4 is 5.73 Å². The first-order valence-corrected chi connectivity index (χ1v) is 18.6. The largest absolute Gasteiger partial charge is 0.481 e. The van der Waals surface area contributed by atoms with Gasteiger partial charge in [0.05, 0.1) is 37.9 Å². The molecule has 1 aromatic heterocycles. The normalized spacial score (nSPS) is 44.1. The topological polar surface area (TPSA) is 136 Å². The summed E-state index contributed by atoms with van der Waals surface area (Å²) >= 11 is 0. The van der Waals surface area contributed by atoms with Crippen molar-refractivity contribution in [3.05, 3.63) is 23.8 Å². The number of nitrogens with two attached hydrogens (primary N) is 1. The molecule has 0 amide bonds. The predicted octanol–water partition coefficient (Wildman–Crippen LogP) is 7.04. The summed E-state index contributed by atoms with van der Waals surface area (Å²) in [6, 6.07) is 2.07. The molecular formula is C39H61N5O4. The van der Waals surface area contributed by atoms with Crippen molar-refractivity contribution in [1.82, 2.24) is 14.8 Å². The molecule has 266 valence electrons. The molecule has 3 N–H and O–H groups in total. The van der Waals surface area contributed by atoms with E-state index in [1.165, 1.54) is 11.9 Å². The van der Waals surface area contributed by atoms with Crippen molar-refractivity contribution in [2.75, 3.05) is 19.8 Å². The van der Waals surface area contributed by atoms with Gasteiger partial charge >= 0.3 is 5.97 Å². The molecular weight excluding hydrogens is 602 g/mol. The molecule has 12 atom stereocenters. The minimum atomic E-state index is -0.642. The Morgan fingerprint density at radius 3 is 2.50 bits per heavy atom. The van der Waals surface area contributed by atoms with Gasteiger partial charge in [-0.1, -0.05) is 74.0 Å². The van der Waals surface area contributed by atoms with E-state index in [0.717, 1.165) is 38.5 Å². The Balaban J connectivity index is 1.46. The van der Waals surface area contributed by atoms with Crippen molar-refractivity contribution in [1.29, 1.82) is 5.26 Å². The molecule has 1 aliphatic heterocycles. The van der Waals surface area contributed by atoms with Crippen molar-refractivity contribution in [3.8, 4) is 6.07 Å². The molecule has 4 aliphatic carbocycles. The number of aromatic nitrogens is 3. The number of carboxylic acid groups (broad SMARTS) is 1. The lowest BCUT2D eigenvalue weighted by Crippen LogP contribution is -2.69. The standard InChI is InChI=1S/C39H61N5O4/c1-23(2)25(5)34(6)15-16-36(8)26-11-12-29-35(7)19-47-21-39(29,27(26)13-14-37(36,9)31(34)33(45)46)17-28(44-30(18-40)42-22-43-44)32(35)48-20-38(10,41)24(3)4/h13,22-26,28-29,31-32H,11-12,14-17,19-21,41H2,1-10H3,(H,45,46)/t25-,26+,28-,29+,31-,32+,34-,35+,36-,37+,38-,39?/m1/s1. The van der Waals surface area contributed by atoms with Crippen molar-refractivity contribution in [2.45, 2.75) is 125 Å². The number of ether oxygens (including phenoxy) is 2. The molecule has 2 heterocycles. The lowest BCUT2D eigenvalue weighted by molar-refractivity contribution is -0.252. The first-order valence-electron chi connectivity index (χ1n) is 18.6. The van der Waals surface area contributed by atoms with Gasteiger partial charge < -0.3 is 20.3 Å². The molecule has 9 nitrogen and oxygen atoms in total. The minimum Gasteiger partial charge on any atom is -0.481 e. The maximum atomic E-state index is 13.4. The molecule has 9 heteroatoms. The van der Waals surface area contributed by atoms with Crippen LogP contribution in [-0.4, -0.2) is 57.3 Å². The number of nitrogens with zero attached hydrogens (tertiary/aromatic N) is 4. The van der Waals surface area contributed by atoms with Gasteiger partial charge in [0.25, 0.3) is 0 Å². The van der Waals surface area contributed by atoms with Crippen LogP contribution in [0.15, 0.2) is 18.0 Å². The zero-order chi connectivity index (χ0) is 35.2. The van der Waals surface area contributed by atoms with Crippen LogP contribution in [0.2, 0.25) is 0 Å². The minimum absolute atomic E-state index is 0.170. The Hall–Kier alpha value is -2.28. The van der Waals surface area contributed by atoms with Crippen LogP contribution in [0, 0.1) is 73.9 Å². The Labute approximate surface area is 288 Å². The van der Waals surface area contributed by atoms with Crippen LogP contribution in [0.5, 0.6) is 0 Å². The summed E-state index contributed by atoms with van der Waals surface area (Å²) < 4.78 is 15.4. The SMILES string of the molecule is CC(C)[C@@H](C)[C@@]1(C)CC[C@]2(C)[C@H]3CC[C@@H]4C5(COC[C@]4(C)[C@@H](OC[C@@](C)(N)C(C)C)[C@H](n4ncnc4C#N)C5)C3=CC[C@@]2(C)[C@@H]1C(=O)O. The molecule has 4 fully saturated rings. The average molecular weight is 664 g/mol. The quantitative estimate of drug-likeness (QED) is 0.283. The fourth-order valence-electron chi connectivity index (χ4n) is 12.1. The molecule has 0 spiro atoms. The van der Waals surface area contributed by atoms with Gasteiger partial charge in [0.1, 0.15) is 12.4 Å². The van der Waals surface area contributed by atoms with Gasteiger partial charge in [-0.05, 0) is 91.3 Å². The summed E-state index contributed by atoms with van der Waals surface area (Å²) in [6.45, 7) is 23.9. The predicted molar refractivity (Wildman–Crippen MR) is 185 cm³/mol. The number of allylic oxidation sites excluding steroid dienone is 1. The Morgan fingerprint density at radius 2 is 1.88 bits per heavy atom. The molecule has 6 rings (SSSR count). The van der Waals surface area contributed by atoms with E-state index in [1.54, 1.807) is 0 Å². The maximum Gasteiger partial charge on any atom is 0.307 e. The van der Waals surface area contributed by atoms with Crippen LogP contribution in [-0.2, 0) is 14.3 Å². The number of rotatable bonds is 8. The second-order valence-corrected chi connectivity index (χ2v) is 18.6. The molecule has 2 bridgehead atoms. The van der Waals surface area contributed by atoms with E-state index in [4.69, 9.17) is 15.2 Å².